The Morgan fingerprint density at radius 2 is 2.08 bits per heavy atom. The molecular weight excluding hydrogens is 164 g/mol. The Hall–Kier alpha value is -0.0800. The average molecular weight is 186 g/mol. The fourth-order valence-electron chi connectivity index (χ4n) is 1.87. The summed E-state index contributed by atoms with van der Waals surface area (Å²) in [5, 5.41) is 9.72. The number of unbranched alkanes of at least 4 members (excludes halogenated alkanes) is 3. The number of hydrogen-bond donors (Lipinski definition) is 1. The van der Waals surface area contributed by atoms with E-state index < -0.39 is 5.79 Å². The molecule has 1 aliphatic carbocycles. The molecule has 1 N–H and O–H groups in total. The van der Waals surface area contributed by atoms with Crippen molar-refractivity contribution in [3.8, 4) is 0 Å². The van der Waals surface area contributed by atoms with Gasteiger partial charge in [0.1, 0.15) is 0 Å². The van der Waals surface area contributed by atoms with Crippen LogP contribution in [-0.4, -0.2) is 17.5 Å². The SMILES string of the molecule is CCCCCC[C@H]1C[C@@]1(O)OCC. The zero-order valence-electron chi connectivity index (χ0n) is 8.88. The van der Waals surface area contributed by atoms with Crippen LogP contribution in [0.15, 0.2) is 0 Å². The minimum Gasteiger partial charge on any atom is -0.365 e. The lowest BCUT2D eigenvalue weighted by atomic mass is 10.1. The molecule has 2 nitrogen and oxygen atoms in total. The van der Waals surface area contributed by atoms with E-state index in [1.165, 1.54) is 25.7 Å². The average Bonchev–Trinajstić information content (AvgIpc) is 2.72. The zero-order chi connectivity index (χ0) is 9.73. The predicted molar refractivity (Wildman–Crippen MR) is 53.4 cm³/mol. The maximum atomic E-state index is 9.72. The standard InChI is InChI=1S/C11H22O2/c1-3-5-6-7-8-10-9-11(10,12)13-4-2/h10,12H,3-9H2,1-2H3/t10-,11+/m0/s1. The Morgan fingerprint density at radius 3 is 2.69 bits per heavy atom. The van der Waals surface area contributed by atoms with Gasteiger partial charge in [-0.3, -0.25) is 0 Å². The van der Waals surface area contributed by atoms with Gasteiger partial charge in [0, 0.05) is 18.9 Å². The minimum atomic E-state index is -0.735. The fourth-order valence-corrected chi connectivity index (χ4v) is 1.87. The molecule has 1 aliphatic rings. The predicted octanol–water partition coefficient (Wildman–Crippen LogP) is 2.70. The first-order valence-corrected chi connectivity index (χ1v) is 5.59. The summed E-state index contributed by atoms with van der Waals surface area (Å²) in [6, 6.07) is 0. The molecule has 2 atom stereocenters. The highest BCUT2D eigenvalue weighted by Crippen LogP contribution is 2.47. The van der Waals surface area contributed by atoms with Gasteiger partial charge in [-0.05, 0) is 13.3 Å². The molecule has 0 spiro atoms. The Balaban J connectivity index is 2.00. The van der Waals surface area contributed by atoms with Gasteiger partial charge < -0.3 is 9.84 Å². The summed E-state index contributed by atoms with van der Waals surface area (Å²) in [5.41, 5.74) is 0. The number of aliphatic hydroxyl groups is 1. The van der Waals surface area contributed by atoms with E-state index in [9.17, 15) is 5.11 Å². The van der Waals surface area contributed by atoms with E-state index >= 15 is 0 Å². The second kappa shape index (κ2) is 4.97. The highest BCUT2D eigenvalue weighted by Gasteiger charge is 2.53. The van der Waals surface area contributed by atoms with Crippen molar-refractivity contribution in [2.45, 2.75) is 58.2 Å². The summed E-state index contributed by atoms with van der Waals surface area (Å²) in [6.07, 6.45) is 7.13. The first-order chi connectivity index (χ1) is 6.23. The maximum Gasteiger partial charge on any atom is 0.168 e. The monoisotopic (exact) mass is 186 g/mol. The molecule has 0 radical (unpaired) electrons. The Kier molecular flexibility index (Phi) is 4.20. The molecule has 0 heterocycles. The third-order valence-electron chi connectivity index (χ3n) is 2.82. The Labute approximate surface area is 81.3 Å². The molecule has 2 heteroatoms. The lowest BCUT2D eigenvalue weighted by Gasteiger charge is -2.09. The van der Waals surface area contributed by atoms with Gasteiger partial charge in [0.2, 0.25) is 0 Å². The third-order valence-corrected chi connectivity index (χ3v) is 2.82. The van der Waals surface area contributed by atoms with Gasteiger partial charge in [-0.15, -0.1) is 0 Å². The van der Waals surface area contributed by atoms with Gasteiger partial charge in [0.05, 0.1) is 0 Å². The Morgan fingerprint density at radius 1 is 1.31 bits per heavy atom. The lowest BCUT2D eigenvalue weighted by Crippen LogP contribution is -2.15. The van der Waals surface area contributed by atoms with Gasteiger partial charge >= 0.3 is 0 Å². The van der Waals surface area contributed by atoms with Crippen LogP contribution in [0.2, 0.25) is 0 Å². The van der Waals surface area contributed by atoms with E-state index in [2.05, 4.69) is 6.92 Å². The molecule has 0 aromatic rings. The lowest BCUT2D eigenvalue weighted by molar-refractivity contribution is -0.133. The molecule has 0 unspecified atom stereocenters. The van der Waals surface area contributed by atoms with Crippen molar-refractivity contribution in [3.05, 3.63) is 0 Å². The van der Waals surface area contributed by atoms with Crippen molar-refractivity contribution in [1.82, 2.24) is 0 Å². The molecule has 0 aromatic carbocycles. The summed E-state index contributed by atoms with van der Waals surface area (Å²) >= 11 is 0. The molecule has 1 rings (SSSR count). The van der Waals surface area contributed by atoms with Crippen LogP contribution in [0.5, 0.6) is 0 Å². The summed E-state index contributed by atoms with van der Waals surface area (Å²) in [6.45, 7) is 4.78. The summed E-state index contributed by atoms with van der Waals surface area (Å²) in [7, 11) is 0. The van der Waals surface area contributed by atoms with Crippen molar-refractivity contribution >= 4 is 0 Å². The van der Waals surface area contributed by atoms with E-state index in [1.54, 1.807) is 0 Å². The summed E-state index contributed by atoms with van der Waals surface area (Å²) < 4.78 is 5.27. The smallest absolute Gasteiger partial charge is 0.168 e. The molecule has 0 saturated heterocycles. The normalized spacial score (nSPS) is 32.1. The molecule has 0 amide bonds. The van der Waals surface area contributed by atoms with Crippen molar-refractivity contribution in [3.63, 3.8) is 0 Å². The topological polar surface area (TPSA) is 29.5 Å². The highest BCUT2D eigenvalue weighted by atomic mass is 16.6. The van der Waals surface area contributed by atoms with Gasteiger partial charge in [-0.2, -0.15) is 0 Å². The van der Waals surface area contributed by atoms with Gasteiger partial charge in [-0.25, -0.2) is 0 Å². The van der Waals surface area contributed by atoms with Crippen LogP contribution in [0.1, 0.15) is 52.4 Å². The van der Waals surface area contributed by atoms with Crippen molar-refractivity contribution < 1.29 is 9.84 Å². The van der Waals surface area contributed by atoms with Crippen LogP contribution in [0, 0.1) is 5.92 Å². The van der Waals surface area contributed by atoms with E-state index in [0.29, 0.717) is 12.5 Å². The highest BCUT2D eigenvalue weighted by molar-refractivity contribution is 4.95. The molecule has 1 saturated carbocycles. The second-order valence-corrected chi connectivity index (χ2v) is 4.03. The quantitative estimate of drug-likeness (QED) is 0.489. The van der Waals surface area contributed by atoms with Gasteiger partial charge in [-0.1, -0.05) is 32.6 Å². The summed E-state index contributed by atoms with van der Waals surface area (Å²) in [5.74, 6) is -0.315. The van der Waals surface area contributed by atoms with Crippen LogP contribution >= 0.6 is 0 Å². The zero-order valence-corrected chi connectivity index (χ0v) is 8.88. The first-order valence-electron chi connectivity index (χ1n) is 5.59. The second-order valence-electron chi connectivity index (χ2n) is 4.03. The molecule has 13 heavy (non-hydrogen) atoms. The van der Waals surface area contributed by atoms with Crippen molar-refractivity contribution in [2.75, 3.05) is 6.61 Å². The van der Waals surface area contributed by atoms with Crippen LogP contribution in [0.4, 0.5) is 0 Å². The van der Waals surface area contributed by atoms with Crippen molar-refractivity contribution in [1.29, 1.82) is 0 Å². The number of ether oxygens (including phenoxy) is 1. The molecule has 0 aromatic heterocycles. The van der Waals surface area contributed by atoms with Crippen molar-refractivity contribution in [2.24, 2.45) is 5.92 Å². The van der Waals surface area contributed by atoms with E-state index in [4.69, 9.17) is 4.74 Å². The van der Waals surface area contributed by atoms with Crippen LogP contribution in [0.25, 0.3) is 0 Å². The maximum absolute atomic E-state index is 9.72. The molecule has 78 valence electrons. The van der Waals surface area contributed by atoms with Crippen LogP contribution < -0.4 is 0 Å². The molecule has 0 bridgehead atoms. The third kappa shape index (κ3) is 3.28. The van der Waals surface area contributed by atoms with Gasteiger partial charge in [0.25, 0.3) is 0 Å². The van der Waals surface area contributed by atoms with E-state index in [1.807, 2.05) is 6.92 Å². The van der Waals surface area contributed by atoms with E-state index in [0.717, 1.165) is 12.8 Å². The minimum absolute atomic E-state index is 0.421. The van der Waals surface area contributed by atoms with E-state index in [-0.39, 0.29) is 0 Å². The molecule has 1 fully saturated rings. The Bertz CT molecular complexity index is 147. The largest absolute Gasteiger partial charge is 0.365 e. The van der Waals surface area contributed by atoms with Gasteiger partial charge in [0.15, 0.2) is 5.79 Å². The summed E-state index contributed by atoms with van der Waals surface area (Å²) in [4.78, 5) is 0. The first kappa shape index (κ1) is 11.0. The molecular formula is C11H22O2. The number of rotatable bonds is 7. The van der Waals surface area contributed by atoms with Crippen LogP contribution in [-0.2, 0) is 4.74 Å². The number of hydrogen-bond acceptors (Lipinski definition) is 2. The van der Waals surface area contributed by atoms with Crippen LogP contribution in [0.3, 0.4) is 0 Å². The fraction of sp³-hybridized carbons (Fsp3) is 1.00. The molecule has 0 aliphatic heterocycles.